The van der Waals surface area contributed by atoms with E-state index >= 15 is 0 Å². The molecule has 0 spiro atoms. The molecule has 0 aliphatic rings. The van der Waals surface area contributed by atoms with Crippen LogP contribution in [0.1, 0.15) is 10.4 Å². The first-order valence-electron chi connectivity index (χ1n) is 2.89. The SMILES string of the molecule is O=C([O-])c1ccc(Cl)c(Cl)c1Cl.[K+]. The number of aromatic carboxylic acids is 1. The van der Waals surface area contributed by atoms with E-state index < -0.39 is 5.97 Å². The van der Waals surface area contributed by atoms with Crippen LogP contribution in [0.2, 0.25) is 15.1 Å². The van der Waals surface area contributed by atoms with E-state index in [0.717, 1.165) is 0 Å². The molecule has 0 saturated heterocycles. The summed E-state index contributed by atoms with van der Waals surface area (Å²) in [5.74, 6) is -1.38. The Bertz CT molecular complexity index is 341. The van der Waals surface area contributed by atoms with Crippen molar-refractivity contribution in [3.05, 3.63) is 32.8 Å². The molecule has 0 saturated carbocycles. The smallest absolute Gasteiger partial charge is 0.545 e. The van der Waals surface area contributed by atoms with E-state index in [4.69, 9.17) is 34.8 Å². The monoisotopic (exact) mass is 262 g/mol. The van der Waals surface area contributed by atoms with Gasteiger partial charge in [-0.1, -0.05) is 40.9 Å². The maximum atomic E-state index is 10.4. The van der Waals surface area contributed by atoms with Crippen LogP contribution >= 0.6 is 34.8 Å². The molecule has 0 heterocycles. The molecule has 6 heteroatoms. The summed E-state index contributed by atoms with van der Waals surface area (Å²) < 4.78 is 0. The van der Waals surface area contributed by atoms with E-state index in [2.05, 4.69) is 0 Å². The third-order valence-corrected chi connectivity index (χ3v) is 2.55. The molecule has 1 aromatic rings. The molecule has 0 aliphatic carbocycles. The van der Waals surface area contributed by atoms with Gasteiger partial charge in [0, 0.05) is 5.56 Å². The maximum Gasteiger partial charge on any atom is 1.00 e. The van der Waals surface area contributed by atoms with Crippen LogP contribution in [0, 0.1) is 0 Å². The normalized spacial score (nSPS) is 9.15. The van der Waals surface area contributed by atoms with Gasteiger partial charge in [-0.05, 0) is 6.07 Å². The van der Waals surface area contributed by atoms with Crippen LogP contribution in [0.4, 0.5) is 0 Å². The van der Waals surface area contributed by atoms with E-state index in [1.54, 1.807) is 0 Å². The maximum absolute atomic E-state index is 10.4. The van der Waals surface area contributed by atoms with Gasteiger partial charge in [0.1, 0.15) is 0 Å². The van der Waals surface area contributed by atoms with Gasteiger partial charge in [0.05, 0.1) is 21.0 Å². The fourth-order valence-corrected chi connectivity index (χ4v) is 1.30. The van der Waals surface area contributed by atoms with Crippen molar-refractivity contribution in [3.63, 3.8) is 0 Å². The van der Waals surface area contributed by atoms with Crippen LogP contribution in [0.25, 0.3) is 0 Å². The van der Waals surface area contributed by atoms with Crippen LogP contribution < -0.4 is 56.5 Å². The molecule has 2 nitrogen and oxygen atoms in total. The zero-order valence-corrected chi connectivity index (χ0v) is 12.0. The van der Waals surface area contributed by atoms with Gasteiger partial charge < -0.3 is 9.90 Å². The second-order valence-corrected chi connectivity index (χ2v) is 3.17. The Balaban J connectivity index is 0.00000144. The van der Waals surface area contributed by atoms with Gasteiger partial charge in [0.15, 0.2) is 0 Å². The third kappa shape index (κ3) is 3.36. The van der Waals surface area contributed by atoms with E-state index in [-0.39, 0.29) is 72.0 Å². The van der Waals surface area contributed by atoms with Crippen molar-refractivity contribution >= 4 is 40.8 Å². The molecular formula is C7H2Cl3KO2. The minimum atomic E-state index is -1.38. The molecule has 0 unspecified atom stereocenters. The number of carboxylic acids is 1. The summed E-state index contributed by atoms with van der Waals surface area (Å²) in [5, 5.41) is 10.5. The van der Waals surface area contributed by atoms with Gasteiger partial charge in [-0.25, -0.2) is 0 Å². The second kappa shape index (κ2) is 5.93. The summed E-state index contributed by atoms with van der Waals surface area (Å²) in [6, 6.07) is 2.59. The predicted molar refractivity (Wildman–Crippen MR) is 45.8 cm³/mol. The minimum absolute atomic E-state index is 0. The Morgan fingerprint density at radius 3 is 2.15 bits per heavy atom. The van der Waals surface area contributed by atoms with Crippen LogP contribution in [0.3, 0.4) is 0 Å². The standard InChI is InChI=1S/C7H3Cl3O2.K/c8-4-2-1-3(7(11)12)5(9)6(4)10;/h1-2H,(H,11,12);/q;+1/p-1. The van der Waals surface area contributed by atoms with Gasteiger partial charge in [0.2, 0.25) is 0 Å². The zero-order chi connectivity index (χ0) is 9.30. The van der Waals surface area contributed by atoms with Gasteiger partial charge in [-0.2, -0.15) is 0 Å². The van der Waals surface area contributed by atoms with Crippen LogP contribution in [-0.4, -0.2) is 5.97 Å². The summed E-state index contributed by atoms with van der Waals surface area (Å²) in [4.78, 5) is 10.4. The van der Waals surface area contributed by atoms with E-state index in [0.29, 0.717) is 0 Å². The molecule has 1 rings (SSSR count). The topological polar surface area (TPSA) is 40.1 Å². The van der Waals surface area contributed by atoms with Crippen molar-refractivity contribution in [1.82, 2.24) is 0 Å². The van der Waals surface area contributed by atoms with Gasteiger partial charge in [-0.15, -0.1) is 0 Å². The van der Waals surface area contributed by atoms with E-state index in [9.17, 15) is 9.90 Å². The van der Waals surface area contributed by atoms with Gasteiger partial charge in [0.25, 0.3) is 0 Å². The number of halogens is 3. The Hall–Kier alpha value is 1.20. The molecule has 13 heavy (non-hydrogen) atoms. The number of hydrogen-bond acceptors (Lipinski definition) is 2. The van der Waals surface area contributed by atoms with E-state index in [1.165, 1.54) is 12.1 Å². The quantitative estimate of drug-likeness (QED) is 0.482. The predicted octanol–water partition coefficient (Wildman–Crippen LogP) is -0.986. The van der Waals surface area contributed by atoms with Gasteiger partial charge >= 0.3 is 51.4 Å². The molecule has 0 amide bonds. The van der Waals surface area contributed by atoms with Crippen LogP contribution in [-0.2, 0) is 0 Å². The van der Waals surface area contributed by atoms with Crippen LogP contribution in [0.15, 0.2) is 12.1 Å². The Morgan fingerprint density at radius 2 is 1.69 bits per heavy atom. The van der Waals surface area contributed by atoms with E-state index in [1.807, 2.05) is 0 Å². The average molecular weight is 264 g/mol. The number of hydrogen-bond donors (Lipinski definition) is 0. The Labute approximate surface area is 133 Å². The molecule has 0 aliphatic heterocycles. The molecule has 0 bridgehead atoms. The summed E-state index contributed by atoms with van der Waals surface area (Å²) in [6.07, 6.45) is 0. The third-order valence-electron chi connectivity index (χ3n) is 1.26. The van der Waals surface area contributed by atoms with Crippen molar-refractivity contribution in [2.24, 2.45) is 0 Å². The van der Waals surface area contributed by atoms with Crippen molar-refractivity contribution < 1.29 is 61.3 Å². The number of carbonyl (C=O) groups is 1. The first-order valence-corrected chi connectivity index (χ1v) is 4.02. The fourth-order valence-electron chi connectivity index (χ4n) is 0.684. The molecule has 0 aromatic heterocycles. The molecule has 0 atom stereocenters. The molecular weight excluding hydrogens is 262 g/mol. The molecule has 0 radical (unpaired) electrons. The molecule has 0 fully saturated rings. The molecule has 1 aromatic carbocycles. The van der Waals surface area contributed by atoms with Crippen molar-refractivity contribution in [2.75, 3.05) is 0 Å². The first kappa shape index (κ1) is 14.2. The number of carboxylic acid groups (broad SMARTS) is 1. The Kier molecular flexibility index (Phi) is 6.47. The minimum Gasteiger partial charge on any atom is -0.545 e. The van der Waals surface area contributed by atoms with Crippen molar-refractivity contribution in [3.8, 4) is 0 Å². The number of carbonyl (C=O) groups excluding carboxylic acids is 1. The summed E-state index contributed by atoms with van der Waals surface area (Å²) in [6.45, 7) is 0. The molecule has 0 N–H and O–H groups in total. The largest absolute Gasteiger partial charge is 1.00 e. The van der Waals surface area contributed by atoms with Crippen molar-refractivity contribution in [1.29, 1.82) is 0 Å². The summed E-state index contributed by atoms with van der Waals surface area (Å²) in [7, 11) is 0. The van der Waals surface area contributed by atoms with Crippen LogP contribution in [0.5, 0.6) is 0 Å². The molecule has 64 valence electrons. The average Bonchev–Trinajstić information content (AvgIpc) is 2.00. The second-order valence-electron chi connectivity index (χ2n) is 2.01. The number of benzene rings is 1. The number of rotatable bonds is 1. The van der Waals surface area contributed by atoms with Gasteiger partial charge in [-0.3, -0.25) is 0 Å². The summed E-state index contributed by atoms with van der Waals surface area (Å²) in [5.41, 5.74) is -0.161. The fraction of sp³-hybridized carbons (Fsp3) is 0. The zero-order valence-electron chi connectivity index (χ0n) is 6.61. The Morgan fingerprint density at radius 1 is 1.15 bits per heavy atom. The van der Waals surface area contributed by atoms with Crippen molar-refractivity contribution in [2.45, 2.75) is 0 Å². The first-order chi connectivity index (χ1) is 5.54. The summed E-state index contributed by atoms with van der Waals surface area (Å²) >= 11 is 16.7.